The van der Waals surface area contributed by atoms with Crippen LogP contribution in [0.5, 0.6) is 0 Å². The van der Waals surface area contributed by atoms with Gasteiger partial charge in [-0.15, -0.1) is 0 Å². The van der Waals surface area contributed by atoms with E-state index in [-0.39, 0.29) is 5.91 Å². The second-order valence-electron chi connectivity index (χ2n) is 4.85. The van der Waals surface area contributed by atoms with Gasteiger partial charge in [-0.25, -0.2) is 0 Å². The van der Waals surface area contributed by atoms with Gasteiger partial charge in [0.25, 0.3) is 5.91 Å². The van der Waals surface area contributed by atoms with Crippen molar-refractivity contribution in [2.45, 2.75) is 0 Å². The summed E-state index contributed by atoms with van der Waals surface area (Å²) in [5.41, 5.74) is 17.5. The predicted octanol–water partition coefficient (Wildman–Crippen LogP) is 4.16. The fraction of sp³-hybridized carbons (Fsp3) is 0. The van der Waals surface area contributed by atoms with Gasteiger partial charge in [0, 0.05) is 5.56 Å². The Bertz CT molecular complexity index is 795. The van der Waals surface area contributed by atoms with Crippen molar-refractivity contribution >= 4 is 34.3 Å². The van der Waals surface area contributed by atoms with Crippen LogP contribution in [0.15, 0.2) is 59.3 Å². The number of amides is 1. The normalized spacial score (nSPS) is 10.4. The van der Waals surface area contributed by atoms with E-state index in [1.165, 1.54) is 0 Å². The summed E-state index contributed by atoms with van der Waals surface area (Å²) in [6.45, 7) is 0. The zero-order valence-corrected chi connectivity index (χ0v) is 12.5. The lowest BCUT2D eigenvalue weighted by molar-refractivity contribution is 0.102. The molecule has 0 aliphatic carbocycles. The van der Waals surface area contributed by atoms with Crippen LogP contribution in [0.2, 0.25) is 0 Å². The molecule has 0 aliphatic heterocycles. The van der Waals surface area contributed by atoms with E-state index in [2.05, 4.69) is 5.32 Å². The summed E-state index contributed by atoms with van der Waals surface area (Å²) < 4.78 is 0. The predicted molar refractivity (Wildman–Crippen MR) is 91.3 cm³/mol. The average molecular weight is 308 g/mol. The van der Waals surface area contributed by atoms with Crippen molar-refractivity contribution in [1.82, 2.24) is 5.73 Å². The maximum Gasteiger partial charge on any atom is 0.255 e. The largest absolute Gasteiger partial charge is 0.397 e. The minimum Gasteiger partial charge on any atom is -0.397 e. The first-order chi connectivity index (χ1) is 10.6. The molecule has 0 fully saturated rings. The van der Waals surface area contributed by atoms with E-state index in [0.717, 1.165) is 11.1 Å². The van der Waals surface area contributed by atoms with Crippen molar-refractivity contribution in [1.29, 1.82) is 0 Å². The summed E-state index contributed by atoms with van der Waals surface area (Å²) >= 11 is 1.62. The van der Waals surface area contributed by atoms with Gasteiger partial charge in [0.1, 0.15) is 0 Å². The van der Waals surface area contributed by atoms with E-state index in [4.69, 9.17) is 11.5 Å². The second-order valence-corrected chi connectivity index (χ2v) is 5.63. The van der Waals surface area contributed by atoms with Crippen LogP contribution in [0.3, 0.4) is 0 Å². The van der Waals surface area contributed by atoms with Gasteiger partial charge in [0.15, 0.2) is 0 Å². The molecule has 0 bridgehead atoms. The Hall–Kier alpha value is -2.79. The molecule has 4 nitrogen and oxygen atoms in total. The number of rotatable bonds is 3. The molecule has 0 spiro atoms. The molecule has 0 saturated heterocycles. The third-order valence-corrected chi connectivity index (χ3v) is 3.99. The number of thiophene rings is 1. The molecule has 1 aromatic heterocycles. The molecule has 0 atom stereocenters. The molecule has 4 N–H and O–H groups in total. The highest BCUT2D eigenvalue weighted by atomic mass is 32.1. The number of carbonyl (C=O) groups excluding carboxylic acids is 1. The highest BCUT2D eigenvalue weighted by Crippen LogP contribution is 2.29. The van der Waals surface area contributed by atoms with Crippen molar-refractivity contribution in [3.05, 3.63) is 64.9 Å². The van der Waals surface area contributed by atoms with Gasteiger partial charge >= 0.3 is 0 Å². The van der Waals surface area contributed by atoms with Gasteiger partial charge < -0.3 is 16.8 Å². The fourth-order valence-corrected chi connectivity index (χ4v) is 2.75. The number of hydrogen-bond donors (Lipinski definition) is 2. The number of benzene rings is 2. The molecule has 0 unspecified atom stereocenters. The zero-order chi connectivity index (χ0) is 15.5. The van der Waals surface area contributed by atoms with E-state index >= 15 is 0 Å². The van der Waals surface area contributed by atoms with E-state index in [1.807, 2.05) is 29.0 Å². The highest BCUT2D eigenvalue weighted by Gasteiger charge is 2.09. The molecule has 1 heterocycles. The Morgan fingerprint density at radius 3 is 2.50 bits per heavy atom. The summed E-state index contributed by atoms with van der Waals surface area (Å²) in [5.74, 6) is -0.242. The Morgan fingerprint density at radius 1 is 1.05 bits per heavy atom. The number of nitrogens with two attached hydrogens (primary N) is 1. The van der Waals surface area contributed by atoms with Crippen LogP contribution >= 0.6 is 11.3 Å². The van der Waals surface area contributed by atoms with Crippen molar-refractivity contribution in [3.63, 3.8) is 0 Å². The SMILES string of the molecule is [NH]c1ccc(C(=O)Nc2cc(-c3ccsc3)ccc2N)cc1. The third-order valence-electron chi connectivity index (χ3n) is 3.30. The lowest BCUT2D eigenvalue weighted by atomic mass is 10.1. The molecule has 0 saturated carbocycles. The van der Waals surface area contributed by atoms with Crippen molar-refractivity contribution in [3.8, 4) is 11.1 Å². The van der Waals surface area contributed by atoms with Gasteiger partial charge in [0.2, 0.25) is 0 Å². The first-order valence-electron chi connectivity index (χ1n) is 6.68. The van der Waals surface area contributed by atoms with Crippen LogP contribution in [0.1, 0.15) is 10.4 Å². The number of hydrogen-bond acceptors (Lipinski definition) is 3. The molecule has 3 aromatic rings. The number of nitrogens with one attached hydrogen (secondary N) is 2. The number of nitrogen functional groups attached to an aromatic ring is 1. The van der Waals surface area contributed by atoms with Crippen molar-refractivity contribution in [2.24, 2.45) is 0 Å². The Labute approximate surface area is 132 Å². The quantitative estimate of drug-likeness (QED) is 0.712. The molecule has 1 radical (unpaired) electrons. The Kier molecular flexibility index (Phi) is 3.80. The van der Waals surface area contributed by atoms with Crippen LogP contribution in [0.25, 0.3) is 11.1 Å². The summed E-state index contributed by atoms with van der Waals surface area (Å²) in [5, 5.41) is 6.88. The monoisotopic (exact) mass is 308 g/mol. The molecule has 0 aliphatic rings. The van der Waals surface area contributed by atoms with Crippen LogP contribution in [0.4, 0.5) is 17.1 Å². The summed E-state index contributed by atoms with van der Waals surface area (Å²) in [6.07, 6.45) is 0. The van der Waals surface area contributed by atoms with Crippen LogP contribution in [-0.4, -0.2) is 5.91 Å². The van der Waals surface area contributed by atoms with E-state index < -0.39 is 0 Å². The first-order valence-corrected chi connectivity index (χ1v) is 7.63. The van der Waals surface area contributed by atoms with E-state index in [1.54, 1.807) is 41.7 Å². The molecular weight excluding hydrogens is 294 g/mol. The lowest BCUT2D eigenvalue weighted by Crippen LogP contribution is -2.13. The minimum atomic E-state index is -0.242. The standard InChI is InChI=1S/C17H14N3OS/c18-14-4-1-11(2-5-14)17(21)20-16-9-12(3-6-15(16)19)13-7-8-22-10-13/h1-10,18H,19H2,(H,20,21). The van der Waals surface area contributed by atoms with Crippen LogP contribution < -0.4 is 16.8 Å². The minimum absolute atomic E-state index is 0.242. The van der Waals surface area contributed by atoms with Crippen LogP contribution in [0, 0.1) is 0 Å². The molecule has 1 amide bonds. The van der Waals surface area contributed by atoms with Crippen molar-refractivity contribution in [2.75, 3.05) is 11.1 Å². The smallest absolute Gasteiger partial charge is 0.255 e. The second kappa shape index (κ2) is 5.91. The molecule has 2 aromatic carbocycles. The maximum atomic E-state index is 12.2. The van der Waals surface area contributed by atoms with E-state index in [0.29, 0.717) is 22.6 Å². The maximum absolute atomic E-state index is 12.2. The molecule has 22 heavy (non-hydrogen) atoms. The number of anilines is 2. The van der Waals surface area contributed by atoms with Gasteiger partial charge in [0.05, 0.1) is 17.1 Å². The van der Waals surface area contributed by atoms with Gasteiger partial charge in [-0.2, -0.15) is 11.3 Å². The number of carbonyl (C=O) groups is 1. The fourth-order valence-electron chi connectivity index (χ4n) is 2.09. The highest BCUT2D eigenvalue weighted by molar-refractivity contribution is 7.08. The van der Waals surface area contributed by atoms with Gasteiger partial charge in [-0.3, -0.25) is 4.79 Å². The lowest BCUT2D eigenvalue weighted by Gasteiger charge is -2.10. The molecule has 3 rings (SSSR count). The zero-order valence-electron chi connectivity index (χ0n) is 11.7. The van der Waals surface area contributed by atoms with Crippen molar-refractivity contribution < 1.29 is 4.79 Å². The Balaban J connectivity index is 1.87. The summed E-state index contributed by atoms with van der Waals surface area (Å²) in [4.78, 5) is 12.2. The third kappa shape index (κ3) is 2.94. The van der Waals surface area contributed by atoms with E-state index in [9.17, 15) is 4.79 Å². The van der Waals surface area contributed by atoms with Gasteiger partial charge in [-0.1, -0.05) is 6.07 Å². The van der Waals surface area contributed by atoms with Crippen LogP contribution in [-0.2, 0) is 0 Å². The molecule has 5 heteroatoms. The molecule has 109 valence electrons. The van der Waals surface area contributed by atoms with Gasteiger partial charge in [-0.05, 0) is 64.4 Å². The average Bonchev–Trinajstić information content (AvgIpc) is 3.04. The topological polar surface area (TPSA) is 78.9 Å². The Morgan fingerprint density at radius 2 is 1.82 bits per heavy atom. The summed E-state index contributed by atoms with van der Waals surface area (Å²) in [7, 11) is 0. The first kappa shape index (κ1) is 14.2. The summed E-state index contributed by atoms with van der Waals surface area (Å²) in [6, 6.07) is 14.0. The molecular formula is C17H14N3OS.